The Balaban J connectivity index is -0.000000125. The van der Waals surface area contributed by atoms with E-state index in [2.05, 4.69) is 12.2 Å². The third-order valence-corrected chi connectivity index (χ3v) is 0.780. The fourth-order valence-electron chi connectivity index (χ4n) is 0.354. The summed E-state index contributed by atoms with van der Waals surface area (Å²) in [6.07, 6.45) is 2.59. The Bertz CT molecular complexity index is 24.4. The van der Waals surface area contributed by atoms with Crippen LogP contribution in [0.5, 0.6) is 0 Å². The number of unbranched alkanes of at least 4 members (excludes halogenated alkanes) is 1. The van der Waals surface area contributed by atoms with Crippen LogP contribution in [0.1, 0.15) is 21.2 Å². The largest absolute Gasteiger partial charge is 1.00 e. The maximum absolute atomic E-state index is 3.07. The van der Waals surface area contributed by atoms with E-state index in [4.69, 9.17) is 0 Å². The first kappa shape index (κ1) is 10.5. The SMILES string of the molecule is CCCCNC.[H-].[Li+]. The first-order valence-corrected chi connectivity index (χ1v) is 2.56. The first-order valence-electron chi connectivity index (χ1n) is 2.56. The molecule has 0 aliphatic carbocycles. The van der Waals surface area contributed by atoms with Crippen LogP contribution in [0.15, 0.2) is 0 Å². The van der Waals surface area contributed by atoms with Crippen molar-refractivity contribution < 1.29 is 20.3 Å². The van der Waals surface area contributed by atoms with Gasteiger partial charge in [0.1, 0.15) is 0 Å². The molecule has 0 spiro atoms. The molecule has 0 aromatic rings. The molecule has 1 N–H and O–H groups in total. The van der Waals surface area contributed by atoms with Gasteiger partial charge in [-0.1, -0.05) is 13.3 Å². The molecule has 0 saturated heterocycles. The van der Waals surface area contributed by atoms with Gasteiger partial charge in [-0.2, -0.15) is 0 Å². The number of hydrogen-bond acceptors (Lipinski definition) is 1. The molecule has 0 aromatic heterocycles. The third-order valence-electron chi connectivity index (χ3n) is 0.780. The van der Waals surface area contributed by atoms with E-state index in [1.165, 1.54) is 12.8 Å². The van der Waals surface area contributed by atoms with Crippen molar-refractivity contribution in [2.75, 3.05) is 13.6 Å². The molecule has 0 radical (unpaired) electrons. The molecular formula is C5H14LiN. The summed E-state index contributed by atoms with van der Waals surface area (Å²) in [4.78, 5) is 0. The molecule has 0 aromatic carbocycles. The molecule has 0 amide bonds. The topological polar surface area (TPSA) is 12.0 Å². The average Bonchev–Trinajstić information content (AvgIpc) is 1.61. The van der Waals surface area contributed by atoms with Crippen molar-refractivity contribution >= 4 is 0 Å². The van der Waals surface area contributed by atoms with Crippen LogP contribution in [0.3, 0.4) is 0 Å². The molecule has 2 heteroatoms. The van der Waals surface area contributed by atoms with E-state index in [9.17, 15) is 0 Å². The molecule has 1 nitrogen and oxygen atoms in total. The van der Waals surface area contributed by atoms with Crippen LogP contribution in [-0.2, 0) is 0 Å². The van der Waals surface area contributed by atoms with Crippen molar-refractivity contribution in [2.24, 2.45) is 0 Å². The average molecular weight is 95.1 g/mol. The maximum Gasteiger partial charge on any atom is 1.00 e. The van der Waals surface area contributed by atoms with E-state index in [1.54, 1.807) is 0 Å². The smallest absolute Gasteiger partial charge is 1.00 e. The number of nitrogens with one attached hydrogen (secondary N) is 1. The number of hydrogen-bond donors (Lipinski definition) is 1. The molecule has 0 bridgehead atoms. The van der Waals surface area contributed by atoms with Crippen LogP contribution < -0.4 is 24.2 Å². The van der Waals surface area contributed by atoms with Crippen molar-refractivity contribution in [1.82, 2.24) is 5.32 Å². The zero-order chi connectivity index (χ0) is 4.83. The van der Waals surface area contributed by atoms with E-state index < -0.39 is 0 Å². The van der Waals surface area contributed by atoms with Gasteiger partial charge in [-0.25, -0.2) is 0 Å². The van der Waals surface area contributed by atoms with Crippen LogP contribution in [0, 0.1) is 0 Å². The minimum absolute atomic E-state index is 0. The minimum Gasteiger partial charge on any atom is -1.00 e. The zero-order valence-corrected chi connectivity index (χ0v) is 5.62. The molecular weight excluding hydrogens is 81.0 g/mol. The number of rotatable bonds is 3. The summed E-state index contributed by atoms with van der Waals surface area (Å²) in [5.41, 5.74) is 0. The Hall–Kier alpha value is 0.557. The maximum atomic E-state index is 3.07. The molecule has 0 heterocycles. The van der Waals surface area contributed by atoms with Crippen LogP contribution in [0.25, 0.3) is 0 Å². The van der Waals surface area contributed by atoms with Crippen molar-refractivity contribution in [3.8, 4) is 0 Å². The summed E-state index contributed by atoms with van der Waals surface area (Å²) in [5.74, 6) is 0. The van der Waals surface area contributed by atoms with E-state index >= 15 is 0 Å². The third kappa shape index (κ3) is 10.8. The van der Waals surface area contributed by atoms with Crippen LogP contribution in [0.2, 0.25) is 0 Å². The van der Waals surface area contributed by atoms with Gasteiger partial charge in [0.2, 0.25) is 0 Å². The van der Waals surface area contributed by atoms with Crippen molar-refractivity contribution in [3.63, 3.8) is 0 Å². The normalized spacial score (nSPS) is 7.71. The quantitative estimate of drug-likeness (QED) is 0.319. The van der Waals surface area contributed by atoms with Gasteiger partial charge >= 0.3 is 18.9 Å². The van der Waals surface area contributed by atoms with Crippen LogP contribution >= 0.6 is 0 Å². The minimum atomic E-state index is 0. The van der Waals surface area contributed by atoms with Crippen molar-refractivity contribution in [1.29, 1.82) is 0 Å². The summed E-state index contributed by atoms with van der Waals surface area (Å²) >= 11 is 0. The van der Waals surface area contributed by atoms with Gasteiger partial charge in [0.15, 0.2) is 0 Å². The molecule has 0 aliphatic rings. The van der Waals surface area contributed by atoms with Crippen molar-refractivity contribution in [2.45, 2.75) is 19.8 Å². The van der Waals surface area contributed by atoms with Crippen LogP contribution in [-0.4, -0.2) is 13.6 Å². The second kappa shape index (κ2) is 9.75. The van der Waals surface area contributed by atoms with Gasteiger partial charge in [-0.15, -0.1) is 0 Å². The Labute approximate surface area is 59.5 Å². The molecule has 7 heavy (non-hydrogen) atoms. The molecule has 0 saturated carbocycles. The van der Waals surface area contributed by atoms with Gasteiger partial charge in [0.05, 0.1) is 0 Å². The van der Waals surface area contributed by atoms with Crippen LogP contribution in [0.4, 0.5) is 0 Å². The van der Waals surface area contributed by atoms with E-state index in [0.717, 1.165) is 6.54 Å². The van der Waals surface area contributed by atoms with Gasteiger partial charge < -0.3 is 6.74 Å². The fourth-order valence-corrected chi connectivity index (χ4v) is 0.354. The standard InChI is InChI=1S/C5H13N.Li.H/c1-3-4-5-6-2;;/h6H,3-5H2,1-2H3;;/q;+1;-1. The van der Waals surface area contributed by atoms with Gasteiger partial charge in [0, 0.05) is 0 Å². The van der Waals surface area contributed by atoms with Crippen molar-refractivity contribution in [3.05, 3.63) is 0 Å². The Morgan fingerprint density at radius 1 is 1.57 bits per heavy atom. The predicted octanol–water partition coefficient (Wildman–Crippen LogP) is -1.88. The molecule has 0 rings (SSSR count). The summed E-state index contributed by atoms with van der Waals surface area (Å²) in [6.45, 7) is 3.36. The van der Waals surface area contributed by atoms with E-state index in [-0.39, 0.29) is 20.3 Å². The second-order valence-electron chi connectivity index (χ2n) is 1.46. The van der Waals surface area contributed by atoms with E-state index in [0.29, 0.717) is 0 Å². The Morgan fingerprint density at radius 3 is 2.29 bits per heavy atom. The zero-order valence-electron chi connectivity index (χ0n) is 6.62. The van der Waals surface area contributed by atoms with E-state index in [1.807, 2.05) is 7.05 Å². The molecule has 0 aliphatic heterocycles. The monoisotopic (exact) mass is 95.1 g/mol. The Kier molecular flexibility index (Phi) is 14.7. The molecule has 0 atom stereocenters. The predicted molar refractivity (Wildman–Crippen MR) is 29.9 cm³/mol. The molecule has 40 valence electrons. The fraction of sp³-hybridized carbons (Fsp3) is 1.00. The summed E-state index contributed by atoms with van der Waals surface area (Å²) in [5, 5.41) is 3.07. The Morgan fingerprint density at radius 2 is 2.14 bits per heavy atom. The second-order valence-corrected chi connectivity index (χ2v) is 1.46. The van der Waals surface area contributed by atoms with Gasteiger partial charge in [0.25, 0.3) is 0 Å². The van der Waals surface area contributed by atoms with Gasteiger partial charge in [-0.05, 0) is 20.0 Å². The summed E-state index contributed by atoms with van der Waals surface area (Å²) in [7, 11) is 1.98. The van der Waals surface area contributed by atoms with Gasteiger partial charge in [-0.3, -0.25) is 0 Å². The molecule has 0 unspecified atom stereocenters. The first-order chi connectivity index (χ1) is 2.91. The molecule has 0 fully saturated rings. The summed E-state index contributed by atoms with van der Waals surface area (Å²) < 4.78 is 0. The summed E-state index contributed by atoms with van der Waals surface area (Å²) in [6, 6.07) is 0.